The summed E-state index contributed by atoms with van der Waals surface area (Å²) in [6, 6.07) is 5.92. The van der Waals surface area contributed by atoms with Gasteiger partial charge in [0, 0.05) is 16.2 Å². The second kappa shape index (κ2) is 5.89. The minimum Gasteiger partial charge on any atom is -0.298 e. The molecule has 0 spiro atoms. The molecule has 4 heteroatoms. The quantitative estimate of drug-likeness (QED) is 0.764. The number of Topliss-reactive ketones (excluding diaryl/α,β-unsaturated/α-hetero) is 1. The Balaban J connectivity index is 2.93. The van der Waals surface area contributed by atoms with Gasteiger partial charge in [0.25, 0.3) is 0 Å². The molecule has 0 atom stereocenters. The summed E-state index contributed by atoms with van der Waals surface area (Å²) in [5, 5.41) is 0.755. The number of hydrogen-bond donors (Lipinski definition) is 0. The van der Waals surface area contributed by atoms with Gasteiger partial charge in [0.05, 0.1) is 5.88 Å². The van der Waals surface area contributed by atoms with Gasteiger partial charge < -0.3 is 0 Å². The molecule has 1 aromatic carbocycles. The van der Waals surface area contributed by atoms with Crippen LogP contribution in [0.25, 0.3) is 0 Å². The maximum absolute atomic E-state index is 11.2. The van der Waals surface area contributed by atoms with Crippen molar-refractivity contribution in [3.63, 3.8) is 0 Å². The topological polar surface area (TPSA) is 17.1 Å². The predicted octanol–water partition coefficient (Wildman–Crippen LogP) is 3.69. The number of carbonyl (C=O) groups is 1. The average Bonchev–Trinajstić information content (AvgIpc) is 2.18. The van der Waals surface area contributed by atoms with E-state index >= 15 is 0 Å². The Labute approximate surface area is 105 Å². The van der Waals surface area contributed by atoms with Gasteiger partial charge in [-0.15, -0.1) is 11.6 Å². The van der Waals surface area contributed by atoms with Crippen LogP contribution in [-0.2, 0) is 16.5 Å². The van der Waals surface area contributed by atoms with E-state index in [9.17, 15) is 4.79 Å². The Morgan fingerprint density at radius 3 is 2.64 bits per heavy atom. The summed E-state index contributed by atoms with van der Waals surface area (Å²) >= 11 is 12.2. The third-order valence-corrected chi connectivity index (χ3v) is 3.24. The molecule has 0 aliphatic carbocycles. The maximum Gasteiger partial charge on any atom is 0.151 e. The normalized spacial score (nSPS) is 10.2. The number of carbonyl (C=O) groups excluding carboxylic acids is 1. The van der Waals surface area contributed by atoms with E-state index in [1.165, 1.54) is 0 Å². The highest BCUT2D eigenvalue weighted by atomic mass is 79.9. The standard InChI is InChI=1S/C10H9Br2ClO/c11-5-7-1-2-9(12)3-8(7)4-10(14)6-13/h1-3H,4-6H2. The van der Waals surface area contributed by atoms with Gasteiger partial charge in [-0.1, -0.05) is 37.9 Å². The SMILES string of the molecule is O=C(CCl)Cc1cc(Br)ccc1CBr. The van der Waals surface area contributed by atoms with Crippen LogP contribution in [0.2, 0.25) is 0 Å². The van der Waals surface area contributed by atoms with Gasteiger partial charge >= 0.3 is 0 Å². The van der Waals surface area contributed by atoms with Crippen LogP contribution in [0, 0.1) is 0 Å². The molecule has 0 saturated carbocycles. The van der Waals surface area contributed by atoms with Crippen molar-refractivity contribution >= 4 is 49.2 Å². The second-order valence-corrected chi connectivity index (χ2v) is 4.64. The average molecular weight is 340 g/mol. The lowest BCUT2D eigenvalue weighted by molar-refractivity contribution is -0.116. The van der Waals surface area contributed by atoms with E-state index in [2.05, 4.69) is 31.9 Å². The minimum absolute atomic E-state index is 0.0481. The molecular weight excluding hydrogens is 331 g/mol. The Bertz CT molecular complexity index is 339. The smallest absolute Gasteiger partial charge is 0.151 e. The number of alkyl halides is 2. The lowest BCUT2D eigenvalue weighted by Crippen LogP contribution is -2.05. The van der Waals surface area contributed by atoms with Crippen LogP contribution in [-0.4, -0.2) is 11.7 Å². The number of benzene rings is 1. The number of rotatable bonds is 4. The molecule has 0 N–H and O–H groups in total. The van der Waals surface area contributed by atoms with Crippen molar-refractivity contribution in [1.82, 2.24) is 0 Å². The van der Waals surface area contributed by atoms with Crippen LogP contribution in [0.1, 0.15) is 11.1 Å². The first-order valence-corrected chi connectivity index (χ1v) is 6.53. The van der Waals surface area contributed by atoms with Crippen LogP contribution in [0.15, 0.2) is 22.7 Å². The monoisotopic (exact) mass is 338 g/mol. The zero-order valence-corrected chi connectivity index (χ0v) is 11.3. The van der Waals surface area contributed by atoms with Gasteiger partial charge in [-0.25, -0.2) is 0 Å². The van der Waals surface area contributed by atoms with Crippen molar-refractivity contribution in [2.75, 3.05) is 5.88 Å². The van der Waals surface area contributed by atoms with E-state index in [0.29, 0.717) is 6.42 Å². The van der Waals surface area contributed by atoms with Gasteiger partial charge in [0.15, 0.2) is 5.78 Å². The van der Waals surface area contributed by atoms with E-state index in [1.54, 1.807) is 0 Å². The lowest BCUT2D eigenvalue weighted by Gasteiger charge is -2.06. The largest absolute Gasteiger partial charge is 0.298 e. The fourth-order valence-electron chi connectivity index (χ4n) is 1.15. The molecule has 0 bridgehead atoms. The molecule has 0 fully saturated rings. The number of ketones is 1. The van der Waals surface area contributed by atoms with Gasteiger partial charge in [0.1, 0.15) is 0 Å². The number of halogens is 3. The molecule has 0 aliphatic heterocycles. The lowest BCUT2D eigenvalue weighted by atomic mass is 10.0. The summed E-state index contributed by atoms with van der Waals surface area (Å²) in [7, 11) is 0. The zero-order valence-electron chi connectivity index (χ0n) is 7.40. The van der Waals surface area contributed by atoms with Gasteiger partial charge in [0.2, 0.25) is 0 Å². The summed E-state index contributed by atoms with van der Waals surface area (Å²) in [6.07, 6.45) is 0.407. The molecule has 1 nitrogen and oxygen atoms in total. The molecule has 14 heavy (non-hydrogen) atoms. The van der Waals surface area contributed by atoms with Crippen molar-refractivity contribution in [1.29, 1.82) is 0 Å². The molecule has 0 radical (unpaired) electrons. The fraction of sp³-hybridized carbons (Fsp3) is 0.300. The van der Waals surface area contributed by atoms with Crippen molar-refractivity contribution in [2.24, 2.45) is 0 Å². The summed E-state index contributed by atoms with van der Waals surface area (Å²) in [5.41, 5.74) is 2.16. The first-order chi connectivity index (χ1) is 6.67. The molecule has 0 saturated heterocycles. The van der Waals surface area contributed by atoms with Gasteiger partial charge in [-0.3, -0.25) is 4.79 Å². The third kappa shape index (κ3) is 3.37. The maximum atomic E-state index is 11.2. The highest BCUT2D eigenvalue weighted by molar-refractivity contribution is 9.10. The minimum atomic E-state index is 0.0481. The summed E-state index contributed by atoms with van der Waals surface area (Å²) < 4.78 is 0.986. The van der Waals surface area contributed by atoms with Gasteiger partial charge in [-0.05, 0) is 23.3 Å². The molecule has 0 aromatic heterocycles. The molecule has 0 unspecified atom stereocenters. The van der Waals surface area contributed by atoms with E-state index in [-0.39, 0.29) is 11.7 Å². The first kappa shape index (κ1) is 12.2. The van der Waals surface area contributed by atoms with Crippen LogP contribution in [0.5, 0.6) is 0 Å². The molecule has 0 amide bonds. The van der Waals surface area contributed by atoms with Crippen LogP contribution >= 0.6 is 43.5 Å². The Morgan fingerprint density at radius 2 is 2.07 bits per heavy atom. The Hall–Kier alpha value is 0.140. The highest BCUT2D eigenvalue weighted by Crippen LogP contribution is 2.19. The molecule has 0 aliphatic rings. The molecular formula is C10H9Br2ClO. The van der Waals surface area contributed by atoms with Crippen molar-refractivity contribution in [3.8, 4) is 0 Å². The van der Waals surface area contributed by atoms with Crippen LogP contribution < -0.4 is 0 Å². The highest BCUT2D eigenvalue weighted by Gasteiger charge is 2.07. The molecule has 0 heterocycles. The third-order valence-electron chi connectivity index (χ3n) is 1.85. The van der Waals surface area contributed by atoms with Gasteiger partial charge in [-0.2, -0.15) is 0 Å². The van der Waals surface area contributed by atoms with Crippen LogP contribution in [0.4, 0.5) is 0 Å². The van der Waals surface area contributed by atoms with E-state index in [4.69, 9.17) is 11.6 Å². The Kier molecular flexibility index (Phi) is 5.13. The van der Waals surface area contributed by atoms with E-state index in [1.807, 2.05) is 18.2 Å². The zero-order chi connectivity index (χ0) is 10.6. The van der Waals surface area contributed by atoms with E-state index in [0.717, 1.165) is 20.9 Å². The molecule has 76 valence electrons. The Morgan fingerprint density at radius 1 is 1.36 bits per heavy atom. The van der Waals surface area contributed by atoms with Crippen LogP contribution in [0.3, 0.4) is 0 Å². The second-order valence-electron chi connectivity index (χ2n) is 2.90. The molecule has 1 aromatic rings. The fourth-order valence-corrected chi connectivity index (χ4v) is 2.20. The predicted molar refractivity (Wildman–Crippen MR) is 66.2 cm³/mol. The van der Waals surface area contributed by atoms with Crippen molar-refractivity contribution in [3.05, 3.63) is 33.8 Å². The van der Waals surface area contributed by atoms with Crippen molar-refractivity contribution in [2.45, 2.75) is 11.8 Å². The molecule has 1 rings (SSSR count). The number of hydrogen-bond acceptors (Lipinski definition) is 1. The summed E-state index contributed by atoms with van der Waals surface area (Å²) in [6.45, 7) is 0. The summed E-state index contributed by atoms with van der Waals surface area (Å²) in [5.74, 6) is 0.126. The van der Waals surface area contributed by atoms with E-state index < -0.39 is 0 Å². The first-order valence-electron chi connectivity index (χ1n) is 4.08. The van der Waals surface area contributed by atoms with Crippen molar-refractivity contribution < 1.29 is 4.79 Å². The summed E-state index contributed by atoms with van der Waals surface area (Å²) in [4.78, 5) is 11.2.